The fourth-order valence-corrected chi connectivity index (χ4v) is 8.35. The van der Waals surface area contributed by atoms with Crippen molar-refractivity contribution in [3.8, 4) is 22.9 Å². The third-order valence-corrected chi connectivity index (χ3v) is 13.4. The minimum absolute atomic E-state index is 0.114. The van der Waals surface area contributed by atoms with E-state index in [1.807, 2.05) is 67.1 Å². The van der Waals surface area contributed by atoms with Gasteiger partial charge < -0.3 is 24.7 Å². The first-order chi connectivity index (χ1) is 25.8. The Bertz CT molecular complexity index is 1860. The van der Waals surface area contributed by atoms with Crippen LogP contribution in [-0.4, -0.2) is 68.1 Å². The summed E-state index contributed by atoms with van der Waals surface area (Å²) in [5.74, 6) is 2.08. The quantitative estimate of drug-likeness (QED) is 0.0599. The number of carbonyl (C=O) groups is 1. The van der Waals surface area contributed by atoms with Crippen LogP contribution >= 0.6 is 0 Å². The van der Waals surface area contributed by atoms with Crippen LogP contribution in [0.15, 0.2) is 54.9 Å². The maximum Gasteiger partial charge on any atom is 0.306 e. The average Bonchev–Trinajstić information content (AvgIpc) is 3.42. The molecular formula is C42H61N5O5Si2. The molecule has 5 rings (SSSR count). The van der Waals surface area contributed by atoms with E-state index in [4.69, 9.17) is 39.6 Å². The van der Waals surface area contributed by atoms with E-state index in [2.05, 4.69) is 39.3 Å². The van der Waals surface area contributed by atoms with Crippen LogP contribution in [-0.2, 0) is 21.0 Å². The Morgan fingerprint density at radius 3 is 2.20 bits per heavy atom. The third kappa shape index (κ3) is 10.8. The van der Waals surface area contributed by atoms with Crippen LogP contribution in [0.25, 0.3) is 27.9 Å². The molecule has 54 heavy (non-hydrogen) atoms. The van der Waals surface area contributed by atoms with E-state index in [9.17, 15) is 4.79 Å². The van der Waals surface area contributed by atoms with Gasteiger partial charge >= 0.3 is 5.97 Å². The first-order valence-electron chi connectivity index (χ1n) is 19.7. The number of carbonyl (C=O) groups excluding carboxylic acids is 1. The summed E-state index contributed by atoms with van der Waals surface area (Å²) in [4.78, 5) is 27.8. The normalized spacial score (nSPS) is 16.8. The zero-order valence-corrected chi connectivity index (χ0v) is 35.7. The van der Waals surface area contributed by atoms with Crippen molar-refractivity contribution in [1.29, 1.82) is 0 Å². The molecule has 12 heteroatoms. The molecule has 0 atom stereocenters. The number of hydrogen-bond donors (Lipinski definition) is 1. The monoisotopic (exact) mass is 771 g/mol. The molecule has 0 radical (unpaired) electrons. The van der Waals surface area contributed by atoms with Crippen LogP contribution in [0.3, 0.4) is 0 Å². The standard InChI is InChI=1S/C42H61N5O5Si2/c1-9-50-36(48)26-30-16-18-32(19-17-30)38-37-39(51-10-2)42(52-23-25-54(6,7)8)47(29-49-22-24-53(3,4)5)41(37)46-40(45-38)34(27-43)33-20-21-35(44-28-33)31-14-12-11-13-15-31/h11-15,20-21,27-28,30,32H,9-10,16-19,22-26,29,43H2,1-8H3. The first kappa shape index (κ1) is 41.2. The second kappa shape index (κ2) is 18.6. The molecule has 0 unspecified atom stereocenters. The third-order valence-electron chi connectivity index (χ3n) is 9.98. The Balaban J connectivity index is 1.63. The molecule has 0 saturated heterocycles. The van der Waals surface area contributed by atoms with Crippen molar-refractivity contribution >= 4 is 38.7 Å². The average molecular weight is 772 g/mol. The topological polar surface area (TPSA) is 124 Å². The smallest absolute Gasteiger partial charge is 0.306 e. The number of benzene rings is 1. The van der Waals surface area contributed by atoms with Crippen LogP contribution in [0.5, 0.6) is 11.6 Å². The van der Waals surface area contributed by atoms with E-state index in [1.165, 1.54) is 0 Å². The van der Waals surface area contributed by atoms with Crippen molar-refractivity contribution in [1.82, 2.24) is 19.5 Å². The summed E-state index contributed by atoms with van der Waals surface area (Å²) in [6.45, 7) is 20.3. The number of fused-ring (bicyclic) bond motifs is 1. The van der Waals surface area contributed by atoms with Crippen molar-refractivity contribution in [2.45, 2.75) is 110 Å². The number of ether oxygens (including phenoxy) is 4. The summed E-state index contributed by atoms with van der Waals surface area (Å²) in [6.07, 6.45) is 7.41. The lowest BCUT2D eigenvalue weighted by molar-refractivity contribution is -0.144. The number of rotatable bonds is 18. The maximum absolute atomic E-state index is 12.4. The van der Waals surface area contributed by atoms with E-state index in [-0.39, 0.29) is 24.5 Å². The van der Waals surface area contributed by atoms with Crippen LogP contribution in [0, 0.1) is 5.92 Å². The zero-order chi connectivity index (χ0) is 38.9. The SMILES string of the molecule is CCOC(=O)CC1CCC(c2nc(C(=CN)c3ccc(-c4ccccc4)nc3)nc3c2c(OCC)c(OCC[Si](C)(C)C)n3COCC[Si](C)(C)C)CC1. The predicted octanol–water partition coefficient (Wildman–Crippen LogP) is 9.50. The number of aromatic nitrogens is 4. The zero-order valence-electron chi connectivity index (χ0n) is 33.7. The van der Waals surface area contributed by atoms with Crippen molar-refractivity contribution in [3.05, 3.63) is 71.9 Å². The van der Waals surface area contributed by atoms with Gasteiger partial charge in [-0.05, 0) is 63.6 Å². The van der Waals surface area contributed by atoms with E-state index < -0.39 is 16.1 Å². The van der Waals surface area contributed by atoms with Crippen molar-refractivity contribution in [2.24, 2.45) is 11.7 Å². The van der Waals surface area contributed by atoms with Gasteiger partial charge in [-0.1, -0.05) is 75.7 Å². The fourth-order valence-electron chi connectivity index (χ4n) is 6.88. The van der Waals surface area contributed by atoms with Gasteiger partial charge in [0.05, 0.1) is 36.6 Å². The Morgan fingerprint density at radius 2 is 1.59 bits per heavy atom. The summed E-state index contributed by atoms with van der Waals surface area (Å²) in [6, 6.07) is 16.2. The minimum Gasteiger partial charge on any atom is -0.488 e. The van der Waals surface area contributed by atoms with Gasteiger partial charge in [0.15, 0.2) is 17.2 Å². The van der Waals surface area contributed by atoms with E-state index >= 15 is 0 Å². The summed E-state index contributed by atoms with van der Waals surface area (Å²) in [5.41, 5.74) is 11.5. The lowest BCUT2D eigenvalue weighted by atomic mass is 9.78. The van der Waals surface area contributed by atoms with Gasteiger partial charge in [-0.3, -0.25) is 14.3 Å². The van der Waals surface area contributed by atoms with Gasteiger partial charge in [-0.15, -0.1) is 0 Å². The van der Waals surface area contributed by atoms with E-state index in [0.29, 0.717) is 61.5 Å². The molecule has 0 aliphatic heterocycles. The largest absolute Gasteiger partial charge is 0.488 e. The van der Waals surface area contributed by atoms with Crippen LogP contribution in [0.4, 0.5) is 0 Å². The van der Waals surface area contributed by atoms with Gasteiger partial charge in [0.1, 0.15) is 6.73 Å². The molecule has 1 saturated carbocycles. The van der Waals surface area contributed by atoms with Crippen molar-refractivity contribution < 1.29 is 23.7 Å². The highest BCUT2D eigenvalue weighted by molar-refractivity contribution is 6.76. The molecule has 2 N–H and O–H groups in total. The van der Waals surface area contributed by atoms with Crippen LogP contribution in [0.2, 0.25) is 51.4 Å². The second-order valence-electron chi connectivity index (χ2n) is 16.7. The Labute approximate surface area is 323 Å². The Morgan fingerprint density at radius 1 is 0.889 bits per heavy atom. The molecule has 0 amide bonds. The maximum atomic E-state index is 12.4. The van der Waals surface area contributed by atoms with Gasteiger partial charge in [0.25, 0.3) is 0 Å². The van der Waals surface area contributed by atoms with Crippen LogP contribution < -0.4 is 15.2 Å². The molecule has 1 aromatic carbocycles. The van der Waals surface area contributed by atoms with Crippen molar-refractivity contribution in [3.63, 3.8) is 0 Å². The summed E-state index contributed by atoms with van der Waals surface area (Å²) >= 11 is 0. The van der Waals surface area contributed by atoms with Gasteiger partial charge in [0, 0.05) is 64.2 Å². The van der Waals surface area contributed by atoms with Crippen molar-refractivity contribution in [2.75, 3.05) is 26.4 Å². The van der Waals surface area contributed by atoms with E-state index in [0.717, 1.165) is 65.7 Å². The highest BCUT2D eigenvalue weighted by Crippen LogP contribution is 2.46. The highest BCUT2D eigenvalue weighted by atomic mass is 28.3. The Hall–Kier alpha value is -4.01. The van der Waals surface area contributed by atoms with Gasteiger partial charge in [0.2, 0.25) is 5.88 Å². The molecule has 1 aliphatic rings. The number of nitrogens with two attached hydrogens (primary N) is 1. The molecule has 3 heterocycles. The summed E-state index contributed by atoms with van der Waals surface area (Å²) in [5, 5.41) is 0.861. The Kier molecular flexibility index (Phi) is 14.1. The predicted molar refractivity (Wildman–Crippen MR) is 223 cm³/mol. The van der Waals surface area contributed by atoms with Gasteiger partial charge in [-0.25, -0.2) is 9.97 Å². The molecule has 10 nitrogen and oxygen atoms in total. The van der Waals surface area contributed by atoms with Crippen LogP contribution in [0.1, 0.15) is 69.0 Å². The molecule has 0 bridgehead atoms. The lowest BCUT2D eigenvalue weighted by Crippen LogP contribution is -2.23. The second-order valence-corrected chi connectivity index (χ2v) is 28.0. The molecule has 292 valence electrons. The number of nitrogens with zero attached hydrogens (tertiary/aromatic N) is 4. The lowest BCUT2D eigenvalue weighted by Gasteiger charge is -2.28. The molecule has 3 aromatic heterocycles. The molecule has 4 aromatic rings. The molecular weight excluding hydrogens is 711 g/mol. The number of esters is 1. The van der Waals surface area contributed by atoms with E-state index in [1.54, 1.807) is 6.20 Å². The minimum atomic E-state index is -1.40. The number of hydrogen-bond acceptors (Lipinski definition) is 9. The summed E-state index contributed by atoms with van der Waals surface area (Å²) in [7, 11) is -2.72. The fraction of sp³-hybridized carbons (Fsp3) is 0.524. The summed E-state index contributed by atoms with van der Waals surface area (Å²) < 4.78 is 27.0. The molecule has 1 fully saturated rings. The number of pyridine rings is 1. The highest BCUT2D eigenvalue weighted by Gasteiger charge is 2.33. The van der Waals surface area contributed by atoms with Gasteiger partial charge in [-0.2, -0.15) is 0 Å². The first-order valence-corrected chi connectivity index (χ1v) is 27.1. The molecule has 1 aliphatic carbocycles. The molecule has 0 spiro atoms.